The summed E-state index contributed by atoms with van der Waals surface area (Å²) < 4.78 is 0. The molecule has 1 heteroatoms. The molecule has 0 saturated carbocycles. The van der Waals surface area contributed by atoms with Gasteiger partial charge in [-0.1, -0.05) is 56.0 Å². The average molecular weight is 327 g/mol. The Morgan fingerprint density at radius 1 is 0.840 bits per heavy atom. The molecule has 25 heavy (non-hydrogen) atoms. The predicted molar refractivity (Wildman–Crippen MR) is 110 cm³/mol. The van der Waals surface area contributed by atoms with Crippen LogP contribution in [-0.2, 0) is 6.42 Å². The van der Waals surface area contributed by atoms with Crippen LogP contribution in [0, 0.1) is 13.8 Å². The predicted octanol–water partition coefficient (Wildman–Crippen LogP) is 6.67. The van der Waals surface area contributed by atoms with E-state index in [0.717, 1.165) is 28.9 Å². The van der Waals surface area contributed by atoms with Crippen LogP contribution in [0.4, 0.5) is 11.4 Å². The van der Waals surface area contributed by atoms with Gasteiger partial charge in [-0.15, -0.1) is 0 Å². The van der Waals surface area contributed by atoms with Gasteiger partial charge in [0.1, 0.15) is 0 Å². The second-order valence-electron chi connectivity index (χ2n) is 6.48. The third-order valence-electron chi connectivity index (χ3n) is 4.81. The van der Waals surface area contributed by atoms with E-state index in [1.807, 2.05) is 0 Å². The van der Waals surface area contributed by atoms with Crippen molar-refractivity contribution in [1.82, 2.24) is 0 Å². The van der Waals surface area contributed by atoms with E-state index >= 15 is 0 Å². The molecular formula is C24H25N. The Balaban J connectivity index is 1.77. The minimum atomic E-state index is 1.06. The lowest BCUT2D eigenvalue weighted by molar-refractivity contribution is 1.14. The fourth-order valence-electron chi connectivity index (χ4n) is 2.98. The second kappa shape index (κ2) is 7.40. The molecule has 0 fully saturated rings. The highest BCUT2D eigenvalue weighted by Gasteiger charge is 2.07. The zero-order chi connectivity index (χ0) is 17.8. The number of rotatable bonds is 5. The van der Waals surface area contributed by atoms with Crippen LogP contribution in [0.2, 0.25) is 0 Å². The van der Waals surface area contributed by atoms with Gasteiger partial charge in [0.15, 0.2) is 0 Å². The molecule has 3 aromatic carbocycles. The van der Waals surface area contributed by atoms with E-state index in [9.17, 15) is 0 Å². The minimum Gasteiger partial charge on any atom is -0.356 e. The van der Waals surface area contributed by atoms with Crippen LogP contribution in [-0.4, -0.2) is 0 Å². The maximum absolute atomic E-state index is 4.31. The molecule has 0 spiro atoms. The first kappa shape index (κ1) is 17.0. The van der Waals surface area contributed by atoms with E-state index in [1.165, 1.54) is 22.3 Å². The Labute approximate surface area is 151 Å². The van der Waals surface area contributed by atoms with E-state index in [1.54, 1.807) is 0 Å². The highest BCUT2D eigenvalue weighted by molar-refractivity contribution is 5.81. The molecule has 0 aliphatic heterocycles. The van der Waals surface area contributed by atoms with E-state index in [4.69, 9.17) is 0 Å². The lowest BCUT2D eigenvalue weighted by atomic mass is 9.93. The Hall–Kier alpha value is -2.80. The fourth-order valence-corrected chi connectivity index (χ4v) is 2.98. The van der Waals surface area contributed by atoms with Crippen LogP contribution in [0.3, 0.4) is 0 Å². The van der Waals surface area contributed by atoms with Gasteiger partial charge in [-0.05, 0) is 77.9 Å². The molecule has 1 N–H and O–H groups in total. The molecule has 126 valence electrons. The molecule has 3 aromatic rings. The van der Waals surface area contributed by atoms with Crippen LogP contribution < -0.4 is 5.32 Å². The lowest BCUT2D eigenvalue weighted by Gasteiger charge is -2.13. The molecular weight excluding hydrogens is 302 g/mol. The number of anilines is 2. The van der Waals surface area contributed by atoms with Crippen LogP contribution in [0.15, 0.2) is 73.3 Å². The minimum absolute atomic E-state index is 1.06. The number of aryl methyl sites for hydroxylation is 2. The van der Waals surface area contributed by atoms with E-state index in [2.05, 4.69) is 99.4 Å². The summed E-state index contributed by atoms with van der Waals surface area (Å²) in [5, 5.41) is 3.45. The van der Waals surface area contributed by atoms with Crippen LogP contribution in [0.25, 0.3) is 5.57 Å². The molecule has 1 nitrogen and oxygen atoms in total. The largest absolute Gasteiger partial charge is 0.356 e. The van der Waals surface area contributed by atoms with Crippen LogP contribution >= 0.6 is 0 Å². The Morgan fingerprint density at radius 3 is 2.04 bits per heavy atom. The Bertz CT molecular complexity index is 871. The van der Waals surface area contributed by atoms with Crippen molar-refractivity contribution in [2.45, 2.75) is 27.2 Å². The standard InChI is InChI=1S/C24H25N/c1-5-20-9-13-22(14-10-20)25-23-15-11-21(12-16-23)19(4)24-8-6-7-17(2)18(24)3/h6-16,25H,4-5H2,1-3H3. The van der Waals surface area contributed by atoms with Gasteiger partial charge < -0.3 is 5.32 Å². The Morgan fingerprint density at radius 2 is 1.44 bits per heavy atom. The Kier molecular flexibility index (Phi) is 5.04. The zero-order valence-corrected chi connectivity index (χ0v) is 15.3. The maximum Gasteiger partial charge on any atom is 0.0384 e. The molecule has 3 rings (SSSR count). The summed E-state index contributed by atoms with van der Waals surface area (Å²) in [5.41, 5.74) is 9.58. The number of benzene rings is 3. The number of nitrogens with one attached hydrogen (secondary N) is 1. The summed E-state index contributed by atoms with van der Waals surface area (Å²) in [4.78, 5) is 0. The van der Waals surface area contributed by atoms with Crippen LogP contribution in [0.1, 0.15) is 34.7 Å². The monoisotopic (exact) mass is 327 g/mol. The first-order valence-corrected chi connectivity index (χ1v) is 8.80. The van der Waals surface area contributed by atoms with Crippen molar-refractivity contribution in [3.8, 4) is 0 Å². The van der Waals surface area contributed by atoms with Crippen molar-refractivity contribution < 1.29 is 0 Å². The summed E-state index contributed by atoms with van der Waals surface area (Å²) in [6.45, 7) is 10.8. The van der Waals surface area contributed by atoms with Crippen molar-refractivity contribution in [2.24, 2.45) is 0 Å². The van der Waals surface area contributed by atoms with Crippen molar-refractivity contribution in [3.63, 3.8) is 0 Å². The molecule has 0 atom stereocenters. The summed E-state index contributed by atoms with van der Waals surface area (Å²) >= 11 is 0. The summed E-state index contributed by atoms with van der Waals surface area (Å²) in [6.07, 6.45) is 1.06. The third-order valence-corrected chi connectivity index (χ3v) is 4.81. The number of hydrogen-bond acceptors (Lipinski definition) is 1. The summed E-state index contributed by atoms with van der Waals surface area (Å²) in [6, 6.07) is 23.5. The smallest absolute Gasteiger partial charge is 0.0384 e. The zero-order valence-electron chi connectivity index (χ0n) is 15.3. The van der Waals surface area contributed by atoms with Gasteiger partial charge in [0.05, 0.1) is 0 Å². The van der Waals surface area contributed by atoms with Gasteiger partial charge in [-0.25, -0.2) is 0 Å². The highest BCUT2D eigenvalue weighted by atomic mass is 14.9. The van der Waals surface area contributed by atoms with Gasteiger partial charge in [0.25, 0.3) is 0 Å². The molecule has 0 amide bonds. The van der Waals surface area contributed by atoms with Crippen molar-refractivity contribution in [3.05, 3.63) is 101 Å². The van der Waals surface area contributed by atoms with E-state index in [-0.39, 0.29) is 0 Å². The first-order valence-electron chi connectivity index (χ1n) is 8.80. The molecule has 0 aliphatic carbocycles. The first-order chi connectivity index (χ1) is 12.1. The third kappa shape index (κ3) is 3.83. The SMILES string of the molecule is C=C(c1ccc(Nc2ccc(CC)cc2)cc1)c1cccc(C)c1C. The molecule has 0 unspecified atom stereocenters. The number of hydrogen-bond donors (Lipinski definition) is 1. The quantitative estimate of drug-likeness (QED) is 0.551. The fraction of sp³-hybridized carbons (Fsp3) is 0.167. The summed E-state index contributed by atoms with van der Waals surface area (Å²) in [5.74, 6) is 0. The van der Waals surface area contributed by atoms with Crippen LogP contribution in [0.5, 0.6) is 0 Å². The molecule has 0 saturated heterocycles. The second-order valence-corrected chi connectivity index (χ2v) is 6.48. The highest BCUT2D eigenvalue weighted by Crippen LogP contribution is 2.27. The van der Waals surface area contributed by atoms with Gasteiger partial charge in [-0.2, -0.15) is 0 Å². The topological polar surface area (TPSA) is 12.0 Å². The van der Waals surface area contributed by atoms with Crippen molar-refractivity contribution in [2.75, 3.05) is 5.32 Å². The summed E-state index contributed by atoms with van der Waals surface area (Å²) in [7, 11) is 0. The molecule has 0 bridgehead atoms. The van der Waals surface area contributed by atoms with Crippen molar-refractivity contribution >= 4 is 16.9 Å². The van der Waals surface area contributed by atoms with E-state index < -0.39 is 0 Å². The average Bonchev–Trinajstić information content (AvgIpc) is 2.65. The molecule has 0 aliphatic rings. The normalized spacial score (nSPS) is 10.5. The lowest BCUT2D eigenvalue weighted by Crippen LogP contribution is -1.94. The van der Waals surface area contributed by atoms with Gasteiger partial charge >= 0.3 is 0 Å². The van der Waals surface area contributed by atoms with Gasteiger partial charge in [-0.3, -0.25) is 0 Å². The van der Waals surface area contributed by atoms with Gasteiger partial charge in [0.2, 0.25) is 0 Å². The maximum atomic E-state index is 4.31. The molecule has 0 aromatic heterocycles. The van der Waals surface area contributed by atoms with Gasteiger partial charge in [0, 0.05) is 11.4 Å². The van der Waals surface area contributed by atoms with E-state index in [0.29, 0.717) is 0 Å². The molecule has 0 radical (unpaired) electrons. The van der Waals surface area contributed by atoms with Crippen molar-refractivity contribution in [1.29, 1.82) is 0 Å². The molecule has 0 heterocycles.